The molecule has 2 rings (SSSR count). The smallest absolute Gasteiger partial charge is 0.174 e. The third kappa shape index (κ3) is 3.65. The van der Waals surface area contributed by atoms with Gasteiger partial charge in [-0.05, 0) is 29.3 Å². The van der Waals surface area contributed by atoms with Crippen LogP contribution in [0.3, 0.4) is 0 Å². The highest BCUT2D eigenvalue weighted by molar-refractivity contribution is 5.89. The SMILES string of the molecule is COc1cc(/C=C(\C#N)c2ccccc2)ccc1OCC#N. The van der Waals surface area contributed by atoms with Crippen LogP contribution in [0.5, 0.6) is 11.5 Å². The highest BCUT2D eigenvalue weighted by atomic mass is 16.5. The Hall–Kier alpha value is -3.24. The lowest BCUT2D eigenvalue weighted by Gasteiger charge is -2.09. The van der Waals surface area contributed by atoms with Gasteiger partial charge in [0, 0.05) is 0 Å². The molecule has 0 unspecified atom stereocenters. The fourth-order valence-electron chi connectivity index (χ4n) is 1.97. The van der Waals surface area contributed by atoms with Crippen LogP contribution in [0, 0.1) is 22.7 Å². The molecule has 0 spiro atoms. The van der Waals surface area contributed by atoms with Crippen molar-refractivity contribution < 1.29 is 9.47 Å². The molecule has 4 nitrogen and oxygen atoms in total. The van der Waals surface area contributed by atoms with E-state index in [-0.39, 0.29) is 6.61 Å². The number of hydrogen-bond acceptors (Lipinski definition) is 4. The van der Waals surface area contributed by atoms with Crippen LogP contribution in [-0.2, 0) is 0 Å². The van der Waals surface area contributed by atoms with Gasteiger partial charge in [0.1, 0.15) is 6.07 Å². The Labute approximate surface area is 129 Å². The van der Waals surface area contributed by atoms with Gasteiger partial charge >= 0.3 is 0 Å². The van der Waals surface area contributed by atoms with Crippen molar-refractivity contribution in [1.82, 2.24) is 0 Å². The Morgan fingerprint density at radius 1 is 1.09 bits per heavy atom. The van der Waals surface area contributed by atoms with E-state index in [0.29, 0.717) is 17.1 Å². The minimum absolute atomic E-state index is 0.0427. The molecule has 0 saturated heterocycles. The molecule has 0 amide bonds. The Morgan fingerprint density at radius 2 is 1.86 bits per heavy atom. The maximum atomic E-state index is 9.33. The molecule has 4 heteroatoms. The van der Waals surface area contributed by atoms with Crippen molar-refractivity contribution in [1.29, 1.82) is 10.5 Å². The van der Waals surface area contributed by atoms with Crippen molar-refractivity contribution in [3.8, 4) is 23.6 Å². The molecule has 0 aromatic heterocycles. The first-order chi connectivity index (χ1) is 10.8. The maximum absolute atomic E-state index is 9.33. The lowest BCUT2D eigenvalue weighted by atomic mass is 10.0. The standard InChI is InChI=1S/C18H14N2O2/c1-21-18-12-14(7-8-17(18)22-10-9-19)11-16(13-20)15-5-3-2-4-6-15/h2-8,11-12H,10H2,1H3/b16-11+. The van der Waals surface area contributed by atoms with Crippen LogP contribution >= 0.6 is 0 Å². The zero-order valence-electron chi connectivity index (χ0n) is 12.1. The zero-order valence-corrected chi connectivity index (χ0v) is 12.1. The van der Waals surface area contributed by atoms with E-state index in [0.717, 1.165) is 11.1 Å². The van der Waals surface area contributed by atoms with Crippen LogP contribution < -0.4 is 9.47 Å². The molecule has 0 aliphatic rings. The maximum Gasteiger partial charge on any atom is 0.174 e. The molecule has 0 aliphatic heterocycles. The normalized spacial score (nSPS) is 10.4. The van der Waals surface area contributed by atoms with Gasteiger partial charge in [0.15, 0.2) is 18.1 Å². The second kappa shape index (κ2) is 7.52. The number of nitrogens with zero attached hydrogens (tertiary/aromatic N) is 2. The number of allylic oxidation sites excluding steroid dienone is 1. The number of rotatable bonds is 5. The summed E-state index contributed by atoms with van der Waals surface area (Å²) in [5, 5.41) is 17.9. The molecule has 0 bridgehead atoms. The first-order valence-electron chi connectivity index (χ1n) is 6.63. The van der Waals surface area contributed by atoms with Crippen LogP contribution in [0.2, 0.25) is 0 Å². The van der Waals surface area contributed by atoms with Crippen molar-refractivity contribution in [2.24, 2.45) is 0 Å². The Kier molecular flexibility index (Phi) is 5.18. The summed E-state index contributed by atoms with van der Waals surface area (Å²) in [5.41, 5.74) is 2.24. The van der Waals surface area contributed by atoms with E-state index in [1.165, 1.54) is 7.11 Å². The van der Waals surface area contributed by atoms with E-state index in [1.807, 2.05) is 42.5 Å². The zero-order chi connectivity index (χ0) is 15.8. The minimum Gasteiger partial charge on any atom is -0.493 e. The summed E-state index contributed by atoms with van der Waals surface area (Å²) < 4.78 is 10.5. The van der Waals surface area contributed by atoms with E-state index >= 15 is 0 Å². The average molecular weight is 290 g/mol. The fraction of sp³-hybridized carbons (Fsp3) is 0.111. The number of hydrogen-bond donors (Lipinski definition) is 0. The molecule has 2 aromatic rings. The molecule has 0 aliphatic carbocycles. The Morgan fingerprint density at radius 3 is 2.50 bits per heavy atom. The van der Waals surface area contributed by atoms with Gasteiger partial charge in [0.25, 0.3) is 0 Å². The second-order valence-corrected chi connectivity index (χ2v) is 4.39. The van der Waals surface area contributed by atoms with Crippen molar-refractivity contribution in [2.45, 2.75) is 0 Å². The minimum atomic E-state index is -0.0427. The van der Waals surface area contributed by atoms with Crippen LogP contribution in [0.15, 0.2) is 48.5 Å². The average Bonchev–Trinajstić information content (AvgIpc) is 2.59. The Balaban J connectivity index is 2.35. The van der Waals surface area contributed by atoms with E-state index in [2.05, 4.69) is 6.07 Å². The Bertz CT molecular complexity index is 753. The summed E-state index contributed by atoms with van der Waals surface area (Å²) in [6.45, 7) is -0.0427. The van der Waals surface area contributed by atoms with Gasteiger partial charge in [-0.1, -0.05) is 36.4 Å². The predicted octanol–water partition coefficient (Wildman–Crippen LogP) is 3.66. The van der Waals surface area contributed by atoms with Gasteiger partial charge in [-0.2, -0.15) is 10.5 Å². The number of methoxy groups -OCH3 is 1. The van der Waals surface area contributed by atoms with Gasteiger partial charge in [0.05, 0.1) is 18.8 Å². The molecule has 0 radical (unpaired) electrons. The second-order valence-electron chi connectivity index (χ2n) is 4.39. The van der Waals surface area contributed by atoms with E-state index < -0.39 is 0 Å². The molecular weight excluding hydrogens is 276 g/mol. The molecule has 108 valence electrons. The highest BCUT2D eigenvalue weighted by Gasteiger charge is 2.06. The van der Waals surface area contributed by atoms with Crippen LogP contribution in [-0.4, -0.2) is 13.7 Å². The summed E-state index contributed by atoms with van der Waals surface area (Å²) in [6.07, 6.45) is 1.78. The van der Waals surface area contributed by atoms with E-state index in [1.54, 1.807) is 18.2 Å². The number of nitriles is 2. The van der Waals surface area contributed by atoms with Gasteiger partial charge in [-0.3, -0.25) is 0 Å². The van der Waals surface area contributed by atoms with Crippen LogP contribution in [0.4, 0.5) is 0 Å². The van der Waals surface area contributed by atoms with Crippen molar-refractivity contribution >= 4 is 11.6 Å². The lowest BCUT2D eigenvalue weighted by molar-refractivity contribution is 0.329. The molecular formula is C18H14N2O2. The molecule has 2 aromatic carbocycles. The number of benzene rings is 2. The van der Waals surface area contributed by atoms with Crippen molar-refractivity contribution in [2.75, 3.05) is 13.7 Å². The molecule has 0 heterocycles. The highest BCUT2D eigenvalue weighted by Crippen LogP contribution is 2.29. The van der Waals surface area contributed by atoms with Crippen LogP contribution in [0.1, 0.15) is 11.1 Å². The van der Waals surface area contributed by atoms with Gasteiger partial charge in [0.2, 0.25) is 0 Å². The largest absolute Gasteiger partial charge is 0.493 e. The third-order valence-corrected chi connectivity index (χ3v) is 3.00. The summed E-state index contributed by atoms with van der Waals surface area (Å²) in [5.74, 6) is 1.02. The summed E-state index contributed by atoms with van der Waals surface area (Å²) >= 11 is 0. The summed E-state index contributed by atoms with van der Waals surface area (Å²) in [7, 11) is 1.53. The third-order valence-electron chi connectivity index (χ3n) is 3.00. The van der Waals surface area contributed by atoms with Crippen LogP contribution in [0.25, 0.3) is 11.6 Å². The van der Waals surface area contributed by atoms with Crippen molar-refractivity contribution in [3.63, 3.8) is 0 Å². The summed E-state index contributed by atoms with van der Waals surface area (Å²) in [4.78, 5) is 0. The molecule has 0 N–H and O–H groups in total. The van der Waals surface area contributed by atoms with Crippen molar-refractivity contribution in [3.05, 3.63) is 59.7 Å². The number of ether oxygens (including phenoxy) is 2. The predicted molar refractivity (Wildman–Crippen MR) is 84.0 cm³/mol. The van der Waals surface area contributed by atoms with Gasteiger partial charge in [-0.15, -0.1) is 0 Å². The van der Waals surface area contributed by atoms with Gasteiger partial charge in [-0.25, -0.2) is 0 Å². The van der Waals surface area contributed by atoms with E-state index in [4.69, 9.17) is 14.7 Å². The lowest BCUT2D eigenvalue weighted by Crippen LogP contribution is -1.96. The quantitative estimate of drug-likeness (QED) is 0.622. The molecule has 0 atom stereocenters. The molecule has 0 fully saturated rings. The topological polar surface area (TPSA) is 66.0 Å². The first-order valence-corrected chi connectivity index (χ1v) is 6.63. The summed E-state index contributed by atoms with van der Waals surface area (Å²) in [6, 6.07) is 18.9. The fourth-order valence-corrected chi connectivity index (χ4v) is 1.97. The first kappa shape index (κ1) is 15.2. The molecule has 22 heavy (non-hydrogen) atoms. The molecule has 0 saturated carbocycles. The van der Waals surface area contributed by atoms with E-state index in [9.17, 15) is 5.26 Å². The monoisotopic (exact) mass is 290 g/mol. The van der Waals surface area contributed by atoms with Gasteiger partial charge < -0.3 is 9.47 Å².